The Bertz CT molecular complexity index is 432. The lowest BCUT2D eigenvalue weighted by molar-refractivity contribution is 1.21. The Morgan fingerprint density at radius 1 is 0.857 bits per heavy atom. The summed E-state index contributed by atoms with van der Waals surface area (Å²) in [4.78, 5) is 8.60. The third-order valence-corrected chi connectivity index (χ3v) is 2.09. The Kier molecular flexibility index (Phi) is 2.27. The topological polar surface area (TPSA) is 25.8 Å². The van der Waals surface area contributed by atoms with Crippen molar-refractivity contribution in [2.45, 2.75) is 13.8 Å². The van der Waals surface area contributed by atoms with Crippen molar-refractivity contribution >= 4 is 0 Å². The minimum atomic E-state index is 0.930. The monoisotopic (exact) mass is 184 g/mol. The fourth-order valence-electron chi connectivity index (χ4n) is 1.30. The maximum Gasteiger partial charge on any atom is 0.0888 e. The number of hydrogen-bond donors (Lipinski definition) is 0. The van der Waals surface area contributed by atoms with Crippen LogP contribution >= 0.6 is 0 Å². The number of hydrogen-bond acceptors (Lipinski definition) is 2. The molecule has 0 saturated heterocycles. The Labute approximate surface area is 83.7 Å². The standard InChI is InChI=1S/C12H12N2/c1-9-5-6-13-12(7-9)11-4-3-10(2)8-14-11/h3-8H,1-2H3. The van der Waals surface area contributed by atoms with Gasteiger partial charge in [-0.1, -0.05) is 6.07 Å². The van der Waals surface area contributed by atoms with E-state index < -0.39 is 0 Å². The highest BCUT2D eigenvalue weighted by atomic mass is 14.8. The molecule has 0 aliphatic carbocycles. The van der Waals surface area contributed by atoms with E-state index >= 15 is 0 Å². The predicted molar refractivity (Wildman–Crippen MR) is 56.9 cm³/mol. The Morgan fingerprint density at radius 3 is 2.36 bits per heavy atom. The first-order chi connectivity index (χ1) is 6.75. The van der Waals surface area contributed by atoms with Crippen LogP contribution in [-0.2, 0) is 0 Å². The zero-order chi connectivity index (χ0) is 9.97. The average molecular weight is 184 g/mol. The molecule has 0 aliphatic heterocycles. The molecule has 0 unspecified atom stereocenters. The molecule has 0 amide bonds. The predicted octanol–water partition coefficient (Wildman–Crippen LogP) is 2.76. The molecule has 2 heteroatoms. The molecule has 14 heavy (non-hydrogen) atoms. The first kappa shape index (κ1) is 8.88. The quantitative estimate of drug-likeness (QED) is 0.681. The lowest BCUT2D eigenvalue weighted by Crippen LogP contribution is -1.87. The highest BCUT2D eigenvalue weighted by molar-refractivity contribution is 5.54. The normalized spacial score (nSPS) is 10.1. The van der Waals surface area contributed by atoms with Gasteiger partial charge in [0.25, 0.3) is 0 Å². The summed E-state index contributed by atoms with van der Waals surface area (Å²) in [6.45, 7) is 4.08. The van der Waals surface area contributed by atoms with Crippen molar-refractivity contribution in [2.24, 2.45) is 0 Å². The van der Waals surface area contributed by atoms with E-state index in [2.05, 4.69) is 16.9 Å². The maximum atomic E-state index is 4.33. The fraction of sp³-hybridized carbons (Fsp3) is 0.167. The van der Waals surface area contributed by atoms with Gasteiger partial charge in [0.2, 0.25) is 0 Å². The largest absolute Gasteiger partial charge is 0.255 e. The molecule has 0 fully saturated rings. The summed E-state index contributed by atoms with van der Waals surface area (Å²) in [6, 6.07) is 8.07. The first-order valence-electron chi connectivity index (χ1n) is 4.61. The lowest BCUT2D eigenvalue weighted by atomic mass is 10.2. The van der Waals surface area contributed by atoms with Crippen LogP contribution in [0, 0.1) is 13.8 Å². The van der Waals surface area contributed by atoms with Crippen molar-refractivity contribution in [3.63, 3.8) is 0 Å². The second-order valence-corrected chi connectivity index (χ2v) is 3.44. The lowest BCUT2D eigenvalue weighted by Gasteiger charge is -2.00. The number of aromatic nitrogens is 2. The van der Waals surface area contributed by atoms with Crippen LogP contribution in [0.25, 0.3) is 11.4 Å². The molecule has 2 nitrogen and oxygen atoms in total. The molecule has 0 N–H and O–H groups in total. The van der Waals surface area contributed by atoms with E-state index in [1.54, 1.807) is 0 Å². The van der Waals surface area contributed by atoms with Gasteiger partial charge in [-0.25, -0.2) is 0 Å². The molecule has 2 aromatic rings. The molecule has 0 saturated carbocycles. The Hall–Kier alpha value is -1.70. The summed E-state index contributed by atoms with van der Waals surface area (Å²) >= 11 is 0. The molecule has 2 heterocycles. The Balaban J connectivity index is 2.44. The molecule has 0 aliphatic rings. The summed E-state index contributed by atoms with van der Waals surface area (Å²) < 4.78 is 0. The average Bonchev–Trinajstić information content (AvgIpc) is 2.19. The molecule has 0 radical (unpaired) electrons. The summed E-state index contributed by atoms with van der Waals surface area (Å²) in [5.74, 6) is 0. The molecular formula is C12H12N2. The summed E-state index contributed by atoms with van der Waals surface area (Å²) in [5.41, 5.74) is 4.24. The van der Waals surface area contributed by atoms with Gasteiger partial charge in [0, 0.05) is 12.4 Å². The van der Waals surface area contributed by atoms with E-state index in [9.17, 15) is 0 Å². The molecule has 0 atom stereocenters. The molecule has 70 valence electrons. The van der Waals surface area contributed by atoms with Crippen LogP contribution in [0.2, 0.25) is 0 Å². The molecule has 0 bridgehead atoms. The van der Waals surface area contributed by atoms with Crippen molar-refractivity contribution in [1.29, 1.82) is 0 Å². The highest BCUT2D eigenvalue weighted by Gasteiger charge is 1.99. The van der Waals surface area contributed by atoms with E-state index in [4.69, 9.17) is 0 Å². The SMILES string of the molecule is Cc1ccc(-c2cc(C)ccn2)nc1. The Morgan fingerprint density at radius 2 is 1.71 bits per heavy atom. The zero-order valence-electron chi connectivity index (χ0n) is 8.36. The van der Waals surface area contributed by atoms with E-state index in [1.807, 2.05) is 43.6 Å². The summed E-state index contributed by atoms with van der Waals surface area (Å²) in [5, 5.41) is 0. The zero-order valence-corrected chi connectivity index (χ0v) is 8.36. The van der Waals surface area contributed by atoms with Gasteiger partial charge in [-0.05, 0) is 43.2 Å². The minimum Gasteiger partial charge on any atom is -0.255 e. The van der Waals surface area contributed by atoms with Crippen molar-refractivity contribution in [1.82, 2.24) is 9.97 Å². The van der Waals surface area contributed by atoms with Crippen molar-refractivity contribution in [3.8, 4) is 11.4 Å². The van der Waals surface area contributed by atoms with Crippen LogP contribution in [0.5, 0.6) is 0 Å². The van der Waals surface area contributed by atoms with Crippen LogP contribution in [0.1, 0.15) is 11.1 Å². The molecule has 2 rings (SSSR count). The van der Waals surface area contributed by atoms with Gasteiger partial charge in [-0.15, -0.1) is 0 Å². The number of nitrogens with zero attached hydrogens (tertiary/aromatic N) is 2. The van der Waals surface area contributed by atoms with Crippen molar-refractivity contribution < 1.29 is 0 Å². The summed E-state index contributed by atoms with van der Waals surface area (Å²) in [6.07, 6.45) is 3.67. The molecule has 0 spiro atoms. The smallest absolute Gasteiger partial charge is 0.0888 e. The van der Waals surface area contributed by atoms with Crippen LogP contribution in [-0.4, -0.2) is 9.97 Å². The minimum absolute atomic E-state index is 0.930. The number of rotatable bonds is 1. The molecular weight excluding hydrogens is 172 g/mol. The van der Waals surface area contributed by atoms with E-state index in [0.717, 1.165) is 11.4 Å². The van der Waals surface area contributed by atoms with Crippen LogP contribution < -0.4 is 0 Å². The van der Waals surface area contributed by atoms with Gasteiger partial charge in [0.1, 0.15) is 0 Å². The molecule has 0 aromatic carbocycles. The van der Waals surface area contributed by atoms with Gasteiger partial charge < -0.3 is 0 Å². The van der Waals surface area contributed by atoms with Crippen molar-refractivity contribution in [2.75, 3.05) is 0 Å². The number of aryl methyl sites for hydroxylation is 2. The van der Waals surface area contributed by atoms with Crippen LogP contribution in [0.15, 0.2) is 36.7 Å². The second-order valence-electron chi connectivity index (χ2n) is 3.44. The van der Waals surface area contributed by atoms with Gasteiger partial charge in [-0.2, -0.15) is 0 Å². The van der Waals surface area contributed by atoms with E-state index in [0.29, 0.717) is 0 Å². The van der Waals surface area contributed by atoms with E-state index in [-0.39, 0.29) is 0 Å². The fourth-order valence-corrected chi connectivity index (χ4v) is 1.30. The van der Waals surface area contributed by atoms with Crippen molar-refractivity contribution in [3.05, 3.63) is 47.8 Å². The summed E-state index contributed by atoms with van der Waals surface area (Å²) in [7, 11) is 0. The van der Waals surface area contributed by atoms with Gasteiger partial charge in [0.05, 0.1) is 11.4 Å². The molecule has 2 aromatic heterocycles. The first-order valence-corrected chi connectivity index (χ1v) is 4.61. The van der Waals surface area contributed by atoms with Gasteiger partial charge in [0.15, 0.2) is 0 Å². The van der Waals surface area contributed by atoms with Gasteiger partial charge in [-0.3, -0.25) is 9.97 Å². The van der Waals surface area contributed by atoms with E-state index in [1.165, 1.54) is 11.1 Å². The van der Waals surface area contributed by atoms with Crippen LogP contribution in [0.4, 0.5) is 0 Å². The second kappa shape index (κ2) is 3.58. The third kappa shape index (κ3) is 1.79. The van der Waals surface area contributed by atoms with Gasteiger partial charge >= 0.3 is 0 Å². The number of pyridine rings is 2. The maximum absolute atomic E-state index is 4.33. The van der Waals surface area contributed by atoms with Crippen LogP contribution in [0.3, 0.4) is 0 Å². The highest BCUT2D eigenvalue weighted by Crippen LogP contribution is 2.14. The third-order valence-electron chi connectivity index (χ3n) is 2.09.